The van der Waals surface area contributed by atoms with Crippen molar-refractivity contribution in [3.05, 3.63) is 95.1 Å². The minimum atomic E-state index is -0.235. The van der Waals surface area contributed by atoms with E-state index >= 15 is 0 Å². The molecule has 1 unspecified atom stereocenters. The molecule has 0 fully saturated rings. The zero-order valence-corrected chi connectivity index (χ0v) is 16.4. The summed E-state index contributed by atoms with van der Waals surface area (Å²) in [4.78, 5) is 13.2. The predicted molar refractivity (Wildman–Crippen MR) is 112 cm³/mol. The van der Waals surface area contributed by atoms with Crippen molar-refractivity contribution in [1.29, 1.82) is 0 Å². The van der Waals surface area contributed by atoms with E-state index in [1.807, 2.05) is 61.5 Å². The lowest BCUT2D eigenvalue weighted by molar-refractivity contribution is 0.0711. The molecule has 4 rings (SSSR count). The molecule has 5 heteroatoms. The molecular weight excluding hydrogens is 364 g/mol. The van der Waals surface area contributed by atoms with Gasteiger partial charge in [0.05, 0.1) is 18.9 Å². The first-order valence-electron chi connectivity index (χ1n) is 9.47. The van der Waals surface area contributed by atoms with Gasteiger partial charge in [0.15, 0.2) is 0 Å². The van der Waals surface area contributed by atoms with Crippen LogP contribution in [0.25, 0.3) is 0 Å². The van der Waals surface area contributed by atoms with Crippen LogP contribution in [0.15, 0.2) is 77.9 Å². The number of phenols is 1. The Morgan fingerprint density at radius 2 is 1.79 bits per heavy atom. The van der Waals surface area contributed by atoms with Crippen LogP contribution < -0.4 is 4.74 Å². The van der Waals surface area contributed by atoms with Gasteiger partial charge in [-0.15, -0.1) is 0 Å². The molecule has 1 aliphatic heterocycles. The van der Waals surface area contributed by atoms with E-state index in [2.05, 4.69) is 5.10 Å². The summed E-state index contributed by atoms with van der Waals surface area (Å²) in [6.07, 6.45) is 0.515. The first kappa shape index (κ1) is 18.7. The fraction of sp³-hybridized carbons (Fsp3) is 0.167. The molecular formula is C24H22N2O3. The first-order chi connectivity index (χ1) is 14.1. The second-order valence-corrected chi connectivity index (χ2v) is 7.08. The third kappa shape index (κ3) is 3.72. The number of phenolic OH excluding ortho intramolecular Hbond substituents is 1. The summed E-state index contributed by atoms with van der Waals surface area (Å²) in [5, 5.41) is 16.6. The van der Waals surface area contributed by atoms with Gasteiger partial charge in [-0.05, 0) is 36.8 Å². The smallest absolute Gasteiger partial charge is 0.274 e. The summed E-state index contributed by atoms with van der Waals surface area (Å²) in [6, 6.07) is 22.2. The zero-order valence-electron chi connectivity index (χ0n) is 16.4. The Morgan fingerprint density at radius 3 is 2.45 bits per heavy atom. The lowest BCUT2D eigenvalue weighted by Crippen LogP contribution is -2.27. The fourth-order valence-electron chi connectivity index (χ4n) is 3.51. The number of aryl methyl sites for hydroxylation is 1. The number of methoxy groups -OCH3 is 1. The van der Waals surface area contributed by atoms with E-state index in [9.17, 15) is 9.90 Å². The van der Waals surface area contributed by atoms with Gasteiger partial charge >= 0.3 is 0 Å². The van der Waals surface area contributed by atoms with Crippen LogP contribution >= 0.6 is 0 Å². The fourth-order valence-corrected chi connectivity index (χ4v) is 3.51. The Morgan fingerprint density at radius 1 is 1.07 bits per heavy atom. The summed E-state index contributed by atoms with van der Waals surface area (Å²) < 4.78 is 5.17. The topological polar surface area (TPSA) is 62.1 Å². The highest BCUT2D eigenvalue weighted by molar-refractivity contribution is 6.06. The Balaban J connectivity index is 1.73. The molecule has 1 atom stereocenters. The molecule has 1 heterocycles. The molecule has 0 aromatic heterocycles. The molecule has 0 saturated carbocycles. The van der Waals surface area contributed by atoms with Crippen LogP contribution in [0.4, 0.5) is 0 Å². The largest absolute Gasteiger partial charge is 0.507 e. The average molecular weight is 386 g/mol. The second kappa shape index (κ2) is 7.80. The van der Waals surface area contributed by atoms with Crippen LogP contribution in [0, 0.1) is 6.92 Å². The van der Waals surface area contributed by atoms with Crippen LogP contribution in [0.5, 0.6) is 11.5 Å². The van der Waals surface area contributed by atoms with E-state index in [1.54, 1.807) is 25.3 Å². The van der Waals surface area contributed by atoms with Gasteiger partial charge in [-0.3, -0.25) is 4.79 Å². The molecule has 1 N–H and O–H groups in total. The minimum Gasteiger partial charge on any atom is -0.507 e. The molecule has 0 radical (unpaired) electrons. The maximum absolute atomic E-state index is 13.2. The Labute approximate surface area is 169 Å². The number of benzene rings is 3. The molecule has 0 spiro atoms. The van der Waals surface area contributed by atoms with Crippen molar-refractivity contribution in [2.45, 2.75) is 19.4 Å². The van der Waals surface area contributed by atoms with E-state index in [0.717, 1.165) is 11.1 Å². The number of amides is 1. The highest BCUT2D eigenvalue weighted by Gasteiger charge is 2.34. The van der Waals surface area contributed by atoms with Crippen molar-refractivity contribution < 1.29 is 14.6 Å². The van der Waals surface area contributed by atoms with Crippen molar-refractivity contribution in [2.75, 3.05) is 7.11 Å². The third-order valence-electron chi connectivity index (χ3n) is 5.12. The molecule has 1 aliphatic rings. The number of nitrogens with zero attached hydrogens (tertiary/aromatic N) is 2. The number of carbonyl (C=O) groups is 1. The molecule has 1 amide bonds. The molecule has 5 nitrogen and oxygen atoms in total. The van der Waals surface area contributed by atoms with E-state index in [0.29, 0.717) is 29.0 Å². The van der Waals surface area contributed by atoms with Gasteiger partial charge in [-0.2, -0.15) is 5.10 Å². The van der Waals surface area contributed by atoms with E-state index < -0.39 is 0 Å². The Hall–Kier alpha value is -3.60. The second-order valence-electron chi connectivity index (χ2n) is 7.08. The van der Waals surface area contributed by atoms with E-state index in [1.165, 1.54) is 5.01 Å². The number of ether oxygens (including phenoxy) is 1. The molecule has 0 bridgehead atoms. The van der Waals surface area contributed by atoms with Gasteiger partial charge in [0, 0.05) is 23.6 Å². The van der Waals surface area contributed by atoms with Crippen molar-refractivity contribution >= 4 is 11.6 Å². The highest BCUT2D eigenvalue weighted by Crippen LogP contribution is 2.36. The quantitative estimate of drug-likeness (QED) is 0.707. The van der Waals surface area contributed by atoms with Crippen LogP contribution in [0.3, 0.4) is 0 Å². The van der Waals surface area contributed by atoms with Crippen LogP contribution in [-0.4, -0.2) is 28.8 Å². The summed E-state index contributed by atoms with van der Waals surface area (Å²) in [5.41, 5.74) is 3.94. The highest BCUT2D eigenvalue weighted by atomic mass is 16.5. The molecule has 0 aliphatic carbocycles. The minimum absolute atomic E-state index is 0.0829. The van der Waals surface area contributed by atoms with Gasteiger partial charge in [0.25, 0.3) is 5.91 Å². The number of aromatic hydroxyl groups is 1. The van der Waals surface area contributed by atoms with Crippen molar-refractivity contribution in [2.24, 2.45) is 5.10 Å². The van der Waals surface area contributed by atoms with Crippen molar-refractivity contribution in [1.82, 2.24) is 5.01 Å². The maximum Gasteiger partial charge on any atom is 0.274 e. The molecule has 3 aromatic rings. The van der Waals surface area contributed by atoms with Gasteiger partial charge in [0.2, 0.25) is 0 Å². The number of hydrazone groups is 1. The summed E-state index contributed by atoms with van der Waals surface area (Å²) >= 11 is 0. The van der Waals surface area contributed by atoms with Gasteiger partial charge in [-0.1, -0.05) is 48.0 Å². The van der Waals surface area contributed by atoms with Crippen molar-refractivity contribution in [3.8, 4) is 11.5 Å². The van der Waals surface area contributed by atoms with Crippen LogP contribution in [0.1, 0.15) is 39.5 Å². The lowest BCUT2D eigenvalue weighted by Gasteiger charge is -2.22. The monoisotopic (exact) mass is 386 g/mol. The maximum atomic E-state index is 13.2. The van der Waals surface area contributed by atoms with Gasteiger partial charge in [-0.25, -0.2) is 5.01 Å². The van der Waals surface area contributed by atoms with E-state index in [-0.39, 0.29) is 17.7 Å². The van der Waals surface area contributed by atoms with Gasteiger partial charge < -0.3 is 9.84 Å². The van der Waals surface area contributed by atoms with Crippen LogP contribution in [-0.2, 0) is 0 Å². The van der Waals surface area contributed by atoms with Crippen molar-refractivity contribution in [3.63, 3.8) is 0 Å². The molecule has 0 saturated heterocycles. The summed E-state index contributed by atoms with van der Waals surface area (Å²) in [5.74, 6) is 0.485. The predicted octanol–water partition coefficient (Wildman–Crippen LogP) is 4.70. The zero-order chi connectivity index (χ0) is 20.4. The average Bonchev–Trinajstić information content (AvgIpc) is 3.19. The number of hydrogen-bond acceptors (Lipinski definition) is 4. The normalized spacial score (nSPS) is 15.9. The Kier molecular flexibility index (Phi) is 5.04. The summed E-state index contributed by atoms with van der Waals surface area (Å²) in [7, 11) is 1.55. The third-order valence-corrected chi connectivity index (χ3v) is 5.12. The number of carbonyl (C=O) groups excluding carboxylic acids is 1. The molecule has 3 aromatic carbocycles. The standard InChI is InChI=1S/C24H22N2O3/c1-16-8-10-18(11-9-16)24(28)26-22(17-6-4-3-5-7-17)15-21(25-26)20-13-12-19(29-2)14-23(20)27/h3-14,22,27H,15H2,1-2H3. The molecule has 29 heavy (non-hydrogen) atoms. The first-order valence-corrected chi connectivity index (χ1v) is 9.47. The number of hydrogen-bond donors (Lipinski definition) is 1. The summed E-state index contributed by atoms with van der Waals surface area (Å²) in [6.45, 7) is 1.99. The van der Waals surface area contributed by atoms with Gasteiger partial charge in [0.1, 0.15) is 11.5 Å². The Bertz CT molecular complexity index is 1060. The lowest BCUT2D eigenvalue weighted by atomic mass is 9.97. The van der Waals surface area contributed by atoms with Crippen LogP contribution in [0.2, 0.25) is 0 Å². The SMILES string of the molecule is COc1ccc(C2=NN(C(=O)c3ccc(C)cc3)C(c3ccccc3)C2)c(O)c1. The van der Waals surface area contributed by atoms with E-state index in [4.69, 9.17) is 4.74 Å². The molecule has 146 valence electrons. The number of rotatable bonds is 4.